The number of nitrogens with zero attached hydrogens (tertiary/aromatic N) is 4. The van der Waals surface area contributed by atoms with Crippen molar-refractivity contribution in [1.82, 2.24) is 19.2 Å². The van der Waals surface area contributed by atoms with Gasteiger partial charge in [-0.1, -0.05) is 4.98 Å². The van der Waals surface area contributed by atoms with Gasteiger partial charge in [0.25, 0.3) is 10.2 Å². The summed E-state index contributed by atoms with van der Waals surface area (Å²) in [4.78, 5) is 16.5. The number of aromatic nitrogens is 2. The van der Waals surface area contributed by atoms with Crippen molar-refractivity contribution in [3.8, 4) is 0 Å². The van der Waals surface area contributed by atoms with Gasteiger partial charge in [-0.2, -0.15) is 13.1 Å². The lowest BCUT2D eigenvalue weighted by Gasteiger charge is -2.24. The van der Waals surface area contributed by atoms with Crippen LogP contribution in [-0.4, -0.2) is 60.6 Å². The highest BCUT2D eigenvalue weighted by Crippen LogP contribution is 2.14. The van der Waals surface area contributed by atoms with Crippen molar-refractivity contribution < 1.29 is 18.1 Å². The van der Waals surface area contributed by atoms with Gasteiger partial charge in [-0.05, 0) is 4.92 Å². The summed E-state index contributed by atoms with van der Waals surface area (Å²) in [6.07, 6.45) is 1.55. The molecule has 0 saturated carbocycles. The molecule has 124 valence electrons. The third kappa shape index (κ3) is 4.99. The fourth-order valence-electron chi connectivity index (χ4n) is 2.14. The van der Waals surface area contributed by atoms with E-state index < -0.39 is 15.1 Å². The lowest BCUT2D eigenvalue weighted by Crippen LogP contribution is -2.35. The first-order chi connectivity index (χ1) is 10.3. The zero-order valence-electron chi connectivity index (χ0n) is 11.8. The van der Waals surface area contributed by atoms with Gasteiger partial charge in [0.05, 0.1) is 26.3 Å². The van der Waals surface area contributed by atoms with Crippen molar-refractivity contribution >= 4 is 16.2 Å². The summed E-state index contributed by atoms with van der Waals surface area (Å²) in [5.41, 5.74) is 0.559. The Morgan fingerprint density at radius 2 is 2.14 bits per heavy atom. The molecule has 1 fully saturated rings. The third-order valence-corrected chi connectivity index (χ3v) is 3.72. The molecular formula is C10H18N6O5S. The average Bonchev–Trinajstić information content (AvgIpc) is 2.81. The molecule has 1 saturated heterocycles. The topological polar surface area (TPSA) is 146 Å². The van der Waals surface area contributed by atoms with Crippen LogP contribution >= 0.6 is 0 Å². The number of imidazole rings is 1. The molecule has 0 radical (unpaired) electrons. The van der Waals surface area contributed by atoms with Crippen molar-refractivity contribution in [2.45, 2.75) is 13.1 Å². The van der Waals surface area contributed by atoms with Crippen molar-refractivity contribution in [2.24, 2.45) is 5.14 Å². The number of nitro groups is 1. The fraction of sp³-hybridized carbons (Fsp3) is 0.700. The quantitative estimate of drug-likeness (QED) is 0.452. The van der Waals surface area contributed by atoms with Gasteiger partial charge >= 0.3 is 5.95 Å². The molecule has 0 aliphatic carbocycles. The maximum absolute atomic E-state index is 11.0. The van der Waals surface area contributed by atoms with E-state index >= 15 is 0 Å². The standard InChI is InChI=1S/C10H18N6O5S/c11-22(19,20)12-1-2-15-8-9(13-10(15)16(17)18)7-14-3-5-21-6-4-14/h8,12H,1-7H2,(H2,11,19,20). The third-order valence-electron chi connectivity index (χ3n) is 3.11. The minimum atomic E-state index is -3.82. The lowest BCUT2D eigenvalue weighted by atomic mass is 10.3. The number of morpholine rings is 1. The number of hydrogen-bond acceptors (Lipinski definition) is 7. The van der Waals surface area contributed by atoms with Crippen LogP contribution in [0.15, 0.2) is 6.20 Å². The predicted molar refractivity (Wildman–Crippen MR) is 76.1 cm³/mol. The molecule has 0 bridgehead atoms. The first-order valence-corrected chi connectivity index (χ1v) is 8.18. The molecule has 0 amide bonds. The summed E-state index contributed by atoms with van der Waals surface area (Å²) in [7, 11) is -3.82. The first-order valence-electron chi connectivity index (χ1n) is 6.63. The second kappa shape index (κ2) is 7.11. The van der Waals surface area contributed by atoms with Gasteiger partial charge in [0.2, 0.25) is 0 Å². The molecule has 3 N–H and O–H groups in total. The minimum absolute atomic E-state index is 0.0486. The smallest absolute Gasteiger partial charge is 0.390 e. The van der Waals surface area contributed by atoms with Gasteiger partial charge in [-0.15, -0.1) is 0 Å². The Morgan fingerprint density at radius 1 is 1.45 bits per heavy atom. The minimum Gasteiger partial charge on any atom is -0.390 e. The average molecular weight is 334 g/mol. The Morgan fingerprint density at radius 3 is 2.73 bits per heavy atom. The highest BCUT2D eigenvalue weighted by atomic mass is 32.2. The highest BCUT2D eigenvalue weighted by molar-refractivity contribution is 7.87. The van der Waals surface area contributed by atoms with Crippen LogP contribution in [0, 0.1) is 10.1 Å². The van der Waals surface area contributed by atoms with Crippen LogP contribution < -0.4 is 9.86 Å². The Kier molecular flexibility index (Phi) is 5.42. The molecule has 0 spiro atoms. The molecule has 1 aromatic rings. The Hall–Kier alpha value is -1.60. The fourth-order valence-corrected chi connectivity index (χ4v) is 2.52. The molecule has 2 heterocycles. The second-order valence-electron chi connectivity index (χ2n) is 4.81. The highest BCUT2D eigenvalue weighted by Gasteiger charge is 2.22. The molecule has 1 aliphatic rings. The van der Waals surface area contributed by atoms with Crippen LogP contribution in [0.25, 0.3) is 0 Å². The van der Waals surface area contributed by atoms with E-state index in [1.165, 1.54) is 4.57 Å². The summed E-state index contributed by atoms with van der Waals surface area (Å²) < 4.78 is 30.2. The van der Waals surface area contributed by atoms with Gasteiger partial charge in [0, 0.05) is 19.6 Å². The number of rotatable bonds is 7. The molecule has 11 nitrogen and oxygen atoms in total. The number of ether oxygens (including phenoxy) is 1. The zero-order valence-corrected chi connectivity index (χ0v) is 12.7. The Bertz CT molecular complexity index is 624. The van der Waals surface area contributed by atoms with E-state index in [9.17, 15) is 18.5 Å². The van der Waals surface area contributed by atoms with E-state index in [-0.39, 0.29) is 19.0 Å². The summed E-state index contributed by atoms with van der Waals surface area (Å²) in [6.45, 7) is 3.25. The van der Waals surface area contributed by atoms with Crippen LogP contribution in [0.3, 0.4) is 0 Å². The summed E-state index contributed by atoms with van der Waals surface area (Å²) in [5.74, 6) is -0.320. The second-order valence-corrected chi connectivity index (χ2v) is 6.19. The molecule has 0 atom stereocenters. The van der Waals surface area contributed by atoms with Gasteiger partial charge in [0.1, 0.15) is 6.20 Å². The maximum atomic E-state index is 11.0. The van der Waals surface area contributed by atoms with Gasteiger partial charge in [-0.3, -0.25) is 4.90 Å². The van der Waals surface area contributed by atoms with Crippen molar-refractivity contribution in [2.75, 3.05) is 32.8 Å². The summed E-state index contributed by atoms with van der Waals surface area (Å²) in [5, 5.41) is 15.8. The van der Waals surface area contributed by atoms with Gasteiger partial charge < -0.3 is 14.9 Å². The van der Waals surface area contributed by atoms with Crippen molar-refractivity contribution in [3.05, 3.63) is 22.0 Å². The molecule has 12 heteroatoms. The van der Waals surface area contributed by atoms with E-state index in [4.69, 9.17) is 9.88 Å². The monoisotopic (exact) mass is 334 g/mol. The van der Waals surface area contributed by atoms with E-state index in [1.807, 2.05) is 0 Å². The number of nitrogens with two attached hydrogens (primary N) is 1. The molecule has 0 unspecified atom stereocenters. The normalized spacial score (nSPS) is 16.8. The number of nitrogens with one attached hydrogen (secondary N) is 1. The van der Waals surface area contributed by atoms with Gasteiger partial charge in [-0.25, -0.2) is 9.71 Å². The molecule has 1 aliphatic heterocycles. The zero-order chi connectivity index (χ0) is 16.2. The summed E-state index contributed by atoms with van der Waals surface area (Å²) >= 11 is 0. The van der Waals surface area contributed by atoms with E-state index in [0.29, 0.717) is 25.5 Å². The number of hydrogen-bond donors (Lipinski definition) is 2. The SMILES string of the molecule is NS(=O)(=O)NCCn1cc(CN2CCOCC2)nc1[N+](=O)[O-]. The first kappa shape index (κ1) is 16.8. The van der Waals surface area contributed by atoms with Crippen molar-refractivity contribution in [3.63, 3.8) is 0 Å². The molecule has 2 rings (SSSR count). The predicted octanol–water partition coefficient (Wildman–Crippen LogP) is -1.58. The lowest BCUT2D eigenvalue weighted by molar-refractivity contribution is -0.396. The largest absolute Gasteiger partial charge is 0.434 e. The van der Waals surface area contributed by atoms with E-state index in [1.54, 1.807) is 6.20 Å². The van der Waals surface area contributed by atoms with E-state index in [2.05, 4.69) is 14.6 Å². The maximum Gasteiger partial charge on any atom is 0.434 e. The summed E-state index contributed by atoms with van der Waals surface area (Å²) in [6, 6.07) is 0. The molecule has 1 aromatic heterocycles. The molecule has 0 aromatic carbocycles. The molecular weight excluding hydrogens is 316 g/mol. The van der Waals surface area contributed by atoms with Crippen LogP contribution in [-0.2, 0) is 28.0 Å². The van der Waals surface area contributed by atoms with Crippen LogP contribution in [0.2, 0.25) is 0 Å². The Labute approximate surface area is 127 Å². The van der Waals surface area contributed by atoms with Crippen LogP contribution in [0.1, 0.15) is 5.69 Å². The van der Waals surface area contributed by atoms with Crippen LogP contribution in [0.4, 0.5) is 5.95 Å². The van der Waals surface area contributed by atoms with Crippen molar-refractivity contribution in [1.29, 1.82) is 0 Å². The van der Waals surface area contributed by atoms with E-state index in [0.717, 1.165) is 13.1 Å². The Balaban J connectivity index is 2.02. The van der Waals surface area contributed by atoms with Gasteiger partial charge in [0.15, 0.2) is 5.69 Å². The van der Waals surface area contributed by atoms with Crippen LogP contribution in [0.5, 0.6) is 0 Å². The molecule has 22 heavy (non-hydrogen) atoms.